The standard InChI is InChI=1S/C34H39O4P/c1-26-30(34(38)32(25-36)31(24-35)33(26)37)22-14-3-2-4-15-23-39(27-16-8-5-9-17-27,28-18-10-6-11-19-28)29-20-12-7-13-21-29/h5-13,16-21,35-36,39H,2-4,14-15,22-25H2,1H3. The van der Waals surface area contributed by atoms with Crippen LogP contribution in [-0.4, -0.2) is 41.2 Å². The maximum atomic E-state index is 12.8. The molecule has 1 aliphatic rings. The van der Waals surface area contributed by atoms with Crippen LogP contribution < -0.4 is 15.9 Å². The van der Waals surface area contributed by atoms with Gasteiger partial charge in [0.05, 0.1) is 0 Å². The van der Waals surface area contributed by atoms with Gasteiger partial charge >= 0.3 is 228 Å². The topological polar surface area (TPSA) is 74.6 Å². The van der Waals surface area contributed by atoms with Crippen LogP contribution in [0.25, 0.3) is 0 Å². The number of unbranched alkanes of at least 4 members (excludes halogenated alkanes) is 4. The molecule has 0 spiro atoms. The molecule has 0 aromatic heterocycles. The third-order valence-electron chi connectivity index (χ3n) is 8.07. The SMILES string of the molecule is CC1=C(CCCCCCC[PH](c2ccccc2)(c2ccccc2)c2ccccc2)C(=O)C(CO)=C(CO)C1=O. The van der Waals surface area contributed by atoms with Crippen molar-refractivity contribution in [3.8, 4) is 0 Å². The van der Waals surface area contributed by atoms with Crippen molar-refractivity contribution in [2.45, 2.75) is 45.4 Å². The van der Waals surface area contributed by atoms with Gasteiger partial charge in [-0.15, -0.1) is 0 Å². The fourth-order valence-corrected chi connectivity index (χ4v) is 10.9. The third kappa shape index (κ3) is 6.20. The van der Waals surface area contributed by atoms with Crippen molar-refractivity contribution < 1.29 is 19.8 Å². The van der Waals surface area contributed by atoms with E-state index in [2.05, 4.69) is 91.0 Å². The van der Waals surface area contributed by atoms with E-state index in [1.165, 1.54) is 15.9 Å². The molecule has 0 heterocycles. The first-order chi connectivity index (χ1) is 19.0. The Hall–Kier alpha value is -3.17. The average Bonchev–Trinajstić information content (AvgIpc) is 2.99. The molecule has 0 amide bonds. The normalized spacial score (nSPS) is 14.7. The number of carbonyl (C=O) groups is 2. The monoisotopic (exact) mass is 542 g/mol. The van der Waals surface area contributed by atoms with Gasteiger partial charge in [-0.3, -0.25) is 0 Å². The summed E-state index contributed by atoms with van der Waals surface area (Å²) in [4.78, 5) is 25.4. The van der Waals surface area contributed by atoms with Gasteiger partial charge in [-0.05, 0) is 0 Å². The second-order valence-corrected chi connectivity index (χ2v) is 14.3. The summed E-state index contributed by atoms with van der Waals surface area (Å²) in [6.07, 6.45) is 6.70. The second-order valence-electron chi connectivity index (χ2n) is 10.3. The van der Waals surface area contributed by atoms with Crippen molar-refractivity contribution in [1.82, 2.24) is 0 Å². The Bertz CT molecular complexity index is 1230. The Morgan fingerprint density at radius 2 is 0.949 bits per heavy atom. The van der Waals surface area contributed by atoms with E-state index in [4.69, 9.17) is 0 Å². The van der Waals surface area contributed by atoms with Crippen LogP contribution in [0.3, 0.4) is 0 Å². The van der Waals surface area contributed by atoms with E-state index in [0.717, 1.165) is 38.3 Å². The van der Waals surface area contributed by atoms with Gasteiger partial charge in [-0.1, -0.05) is 0 Å². The minimum absolute atomic E-state index is 0.0339. The Morgan fingerprint density at radius 1 is 0.538 bits per heavy atom. The van der Waals surface area contributed by atoms with Gasteiger partial charge in [0.2, 0.25) is 0 Å². The number of ketones is 2. The summed E-state index contributed by atoms with van der Waals surface area (Å²) in [5.74, 6) is -0.608. The van der Waals surface area contributed by atoms with Crippen LogP contribution in [0.2, 0.25) is 0 Å². The summed E-state index contributed by atoms with van der Waals surface area (Å²) in [6, 6.07) is 32.9. The van der Waals surface area contributed by atoms with E-state index in [0.29, 0.717) is 17.6 Å². The molecule has 1 aliphatic carbocycles. The molecular weight excluding hydrogens is 503 g/mol. The zero-order chi connectivity index (χ0) is 27.7. The molecule has 4 nitrogen and oxygen atoms in total. The fourth-order valence-electron chi connectivity index (χ4n) is 5.95. The molecule has 0 saturated carbocycles. The summed E-state index contributed by atoms with van der Waals surface area (Å²) in [5, 5.41) is 23.4. The van der Waals surface area contributed by atoms with Gasteiger partial charge in [-0.2, -0.15) is 0 Å². The molecule has 0 radical (unpaired) electrons. The van der Waals surface area contributed by atoms with Crippen LogP contribution in [0.4, 0.5) is 0 Å². The molecule has 0 unspecified atom stereocenters. The number of hydrogen-bond donors (Lipinski definition) is 2. The number of hydrogen-bond acceptors (Lipinski definition) is 4. The molecule has 0 fully saturated rings. The number of benzene rings is 3. The first-order valence-electron chi connectivity index (χ1n) is 13.9. The van der Waals surface area contributed by atoms with Gasteiger partial charge in [0.25, 0.3) is 0 Å². The van der Waals surface area contributed by atoms with Crippen LogP contribution in [-0.2, 0) is 9.59 Å². The third-order valence-corrected chi connectivity index (χ3v) is 13.1. The van der Waals surface area contributed by atoms with Gasteiger partial charge in [-0.25, -0.2) is 0 Å². The Kier molecular flexibility index (Phi) is 10.2. The number of Topliss-reactive ketones (excluding diaryl/α,β-unsaturated/α-hetero) is 2. The first kappa shape index (κ1) is 28.8. The molecular formula is C34H39O4P. The predicted octanol–water partition coefficient (Wildman–Crippen LogP) is 4.80. The van der Waals surface area contributed by atoms with E-state index in [-0.39, 0.29) is 22.7 Å². The Morgan fingerprint density at radius 3 is 1.41 bits per heavy atom. The molecule has 0 saturated heterocycles. The molecule has 3 aromatic rings. The van der Waals surface area contributed by atoms with E-state index >= 15 is 0 Å². The first-order valence-corrected chi connectivity index (χ1v) is 16.1. The molecule has 39 heavy (non-hydrogen) atoms. The van der Waals surface area contributed by atoms with Gasteiger partial charge in [0, 0.05) is 0 Å². The van der Waals surface area contributed by atoms with Crippen LogP contribution in [0.5, 0.6) is 0 Å². The molecule has 0 atom stereocenters. The summed E-state index contributed by atoms with van der Waals surface area (Å²) < 4.78 is 0. The van der Waals surface area contributed by atoms with E-state index in [1.54, 1.807) is 6.92 Å². The second kappa shape index (κ2) is 13.8. The van der Waals surface area contributed by atoms with Crippen molar-refractivity contribution in [2.24, 2.45) is 0 Å². The number of carbonyl (C=O) groups excluding carboxylic acids is 2. The van der Waals surface area contributed by atoms with Crippen molar-refractivity contribution >= 4 is 34.7 Å². The Balaban J connectivity index is 1.42. The van der Waals surface area contributed by atoms with Gasteiger partial charge < -0.3 is 5.11 Å². The average molecular weight is 543 g/mol. The molecule has 204 valence electrons. The van der Waals surface area contributed by atoms with Crippen molar-refractivity contribution in [3.63, 3.8) is 0 Å². The zero-order valence-electron chi connectivity index (χ0n) is 22.7. The minimum atomic E-state index is -2.21. The predicted molar refractivity (Wildman–Crippen MR) is 163 cm³/mol. The molecule has 3 aromatic carbocycles. The van der Waals surface area contributed by atoms with E-state index < -0.39 is 20.5 Å². The van der Waals surface area contributed by atoms with Gasteiger partial charge in [0.15, 0.2) is 0 Å². The number of aliphatic hydroxyl groups is 2. The molecule has 2 N–H and O–H groups in total. The Labute approximate surface area is 232 Å². The van der Waals surface area contributed by atoms with Crippen LogP contribution in [0, 0.1) is 0 Å². The van der Waals surface area contributed by atoms with Crippen molar-refractivity contribution in [2.75, 3.05) is 19.4 Å². The summed E-state index contributed by atoms with van der Waals surface area (Å²) in [7, 11) is -2.21. The quantitative estimate of drug-likeness (QED) is 0.185. The zero-order valence-corrected chi connectivity index (χ0v) is 23.7. The van der Waals surface area contributed by atoms with Crippen molar-refractivity contribution in [1.29, 1.82) is 0 Å². The molecule has 4 rings (SSSR count). The van der Waals surface area contributed by atoms with Crippen LogP contribution in [0.1, 0.15) is 45.4 Å². The summed E-state index contributed by atoms with van der Waals surface area (Å²) in [5.41, 5.74) is 0.981. The summed E-state index contributed by atoms with van der Waals surface area (Å²) in [6.45, 7) is 0.609. The number of aliphatic hydroxyl groups excluding tert-OH is 2. The summed E-state index contributed by atoms with van der Waals surface area (Å²) >= 11 is 0. The maximum absolute atomic E-state index is 12.8. The number of allylic oxidation sites excluding steroid dienone is 2. The van der Waals surface area contributed by atoms with Crippen LogP contribution >= 0.6 is 7.26 Å². The molecule has 0 aliphatic heterocycles. The van der Waals surface area contributed by atoms with E-state index in [1.807, 2.05) is 0 Å². The number of rotatable bonds is 13. The fraction of sp³-hybridized carbons (Fsp3) is 0.294. The van der Waals surface area contributed by atoms with E-state index in [9.17, 15) is 19.8 Å². The van der Waals surface area contributed by atoms with Gasteiger partial charge in [0.1, 0.15) is 0 Å². The molecule has 0 bridgehead atoms. The molecule has 5 heteroatoms. The van der Waals surface area contributed by atoms with Crippen molar-refractivity contribution in [3.05, 3.63) is 113 Å². The van der Waals surface area contributed by atoms with Crippen LogP contribution in [0.15, 0.2) is 113 Å².